The summed E-state index contributed by atoms with van der Waals surface area (Å²) in [4.78, 5) is 17.5. The minimum absolute atomic E-state index is 0.0589. The van der Waals surface area contributed by atoms with E-state index in [0.717, 1.165) is 57.7 Å². The highest BCUT2D eigenvalue weighted by Crippen LogP contribution is 2.50. The molecule has 2 aliphatic heterocycles. The van der Waals surface area contributed by atoms with Crippen molar-refractivity contribution in [3.8, 4) is 0 Å². The first-order valence-corrected chi connectivity index (χ1v) is 16.9. The minimum atomic E-state index is -3.12. The fourth-order valence-corrected chi connectivity index (χ4v) is 9.71. The van der Waals surface area contributed by atoms with Gasteiger partial charge in [-0.2, -0.15) is 0 Å². The third-order valence-corrected chi connectivity index (χ3v) is 12.8. The Morgan fingerprint density at radius 1 is 0.925 bits per heavy atom. The van der Waals surface area contributed by atoms with E-state index in [-0.39, 0.29) is 22.6 Å². The summed E-state index contributed by atoms with van der Waals surface area (Å²) >= 11 is 0. The van der Waals surface area contributed by atoms with Gasteiger partial charge >= 0.3 is 0 Å². The molecule has 2 aliphatic carbocycles. The van der Waals surface area contributed by atoms with Crippen LogP contribution in [-0.2, 0) is 20.0 Å². The molecule has 1 amide bonds. The normalized spacial score (nSPS) is 26.3. The highest BCUT2D eigenvalue weighted by molar-refractivity contribution is 7.92. The van der Waals surface area contributed by atoms with Crippen LogP contribution < -0.4 is 10.2 Å². The average molecular weight is 564 g/mol. The number of nitrogens with zero attached hydrogens (tertiary/aromatic N) is 2. The minimum Gasteiger partial charge on any atom is -0.371 e. The van der Waals surface area contributed by atoms with E-state index in [4.69, 9.17) is 0 Å². The van der Waals surface area contributed by atoms with Gasteiger partial charge < -0.3 is 15.1 Å². The largest absolute Gasteiger partial charge is 0.371 e. The van der Waals surface area contributed by atoms with Crippen molar-refractivity contribution < 1.29 is 13.2 Å². The number of hydrogen-bond acceptors (Lipinski definition) is 5. The van der Waals surface area contributed by atoms with Crippen molar-refractivity contribution >= 4 is 21.4 Å². The number of amides is 1. The monoisotopic (exact) mass is 563 g/mol. The zero-order valence-corrected chi connectivity index (χ0v) is 24.9. The van der Waals surface area contributed by atoms with Gasteiger partial charge in [-0.1, -0.05) is 43.7 Å². The van der Waals surface area contributed by atoms with E-state index < -0.39 is 9.84 Å². The number of anilines is 1. The van der Waals surface area contributed by atoms with Crippen molar-refractivity contribution in [1.29, 1.82) is 0 Å². The SMILES string of the molecule is CC(=O)N[C@@H]1CCC[C@H]1C(C)(c1ccccc1)C1CCN(CC2CN(c3ccc(S(=O)(=O)C4CC4)cc3)C2)CC1. The van der Waals surface area contributed by atoms with Crippen LogP contribution in [0.4, 0.5) is 5.69 Å². The number of piperidine rings is 1. The molecule has 216 valence electrons. The molecule has 2 saturated heterocycles. The molecule has 0 radical (unpaired) electrons. The van der Waals surface area contributed by atoms with Crippen molar-refractivity contribution in [2.45, 2.75) is 80.4 Å². The second kappa shape index (κ2) is 11.1. The van der Waals surface area contributed by atoms with Crippen LogP contribution in [-0.4, -0.2) is 63.2 Å². The first-order chi connectivity index (χ1) is 19.2. The van der Waals surface area contributed by atoms with Crippen molar-refractivity contribution in [3.63, 3.8) is 0 Å². The quantitative estimate of drug-likeness (QED) is 0.463. The number of carbonyl (C=O) groups excluding carboxylic acids is 1. The van der Waals surface area contributed by atoms with Gasteiger partial charge in [0, 0.05) is 49.6 Å². The number of sulfone groups is 1. The van der Waals surface area contributed by atoms with E-state index in [2.05, 4.69) is 52.4 Å². The Morgan fingerprint density at radius 2 is 1.60 bits per heavy atom. The Hall–Kier alpha value is -2.38. The van der Waals surface area contributed by atoms with Gasteiger partial charge in [0.25, 0.3) is 0 Å². The van der Waals surface area contributed by atoms with E-state index in [0.29, 0.717) is 22.6 Å². The Balaban J connectivity index is 1.05. The van der Waals surface area contributed by atoms with E-state index in [1.165, 1.54) is 31.2 Å². The third-order valence-electron chi connectivity index (χ3n) is 10.5. The van der Waals surface area contributed by atoms with Crippen molar-refractivity contribution in [2.75, 3.05) is 37.6 Å². The number of hydrogen-bond donors (Lipinski definition) is 1. The van der Waals surface area contributed by atoms with Gasteiger partial charge in [-0.3, -0.25) is 4.79 Å². The molecule has 2 aromatic rings. The van der Waals surface area contributed by atoms with E-state index in [1.807, 2.05) is 12.1 Å². The van der Waals surface area contributed by atoms with Gasteiger partial charge in [-0.05, 0) is 93.3 Å². The number of likely N-dealkylation sites (tertiary alicyclic amines) is 1. The average Bonchev–Trinajstić information content (AvgIpc) is 3.71. The maximum absolute atomic E-state index is 12.5. The van der Waals surface area contributed by atoms with Crippen LogP contribution in [0.1, 0.15) is 64.4 Å². The molecule has 6 rings (SSSR count). The molecule has 4 fully saturated rings. The van der Waals surface area contributed by atoms with Crippen molar-refractivity contribution in [2.24, 2.45) is 17.8 Å². The fourth-order valence-electron chi connectivity index (χ4n) is 8.06. The maximum Gasteiger partial charge on any atom is 0.217 e. The lowest BCUT2D eigenvalue weighted by molar-refractivity contribution is -0.120. The van der Waals surface area contributed by atoms with E-state index in [9.17, 15) is 13.2 Å². The summed E-state index contributed by atoms with van der Waals surface area (Å²) in [5, 5.41) is 3.15. The zero-order chi connectivity index (χ0) is 27.9. The van der Waals surface area contributed by atoms with Crippen molar-refractivity contribution in [3.05, 3.63) is 60.2 Å². The fraction of sp³-hybridized carbons (Fsp3) is 0.606. The number of nitrogens with one attached hydrogen (secondary N) is 1. The molecule has 1 N–H and O–H groups in total. The Morgan fingerprint density at radius 3 is 2.23 bits per heavy atom. The first-order valence-electron chi connectivity index (χ1n) is 15.4. The van der Waals surface area contributed by atoms with Crippen molar-refractivity contribution in [1.82, 2.24) is 10.2 Å². The Labute approximate surface area is 240 Å². The van der Waals surface area contributed by atoms with Gasteiger partial charge in [-0.25, -0.2) is 8.42 Å². The molecule has 0 bridgehead atoms. The van der Waals surface area contributed by atoms with Crippen LogP contribution >= 0.6 is 0 Å². The predicted molar refractivity (Wildman–Crippen MR) is 160 cm³/mol. The second-order valence-corrected chi connectivity index (χ2v) is 15.3. The Kier molecular flexibility index (Phi) is 7.73. The molecule has 40 heavy (non-hydrogen) atoms. The van der Waals surface area contributed by atoms with Crippen LogP contribution in [0, 0.1) is 17.8 Å². The predicted octanol–water partition coefficient (Wildman–Crippen LogP) is 5.03. The zero-order valence-electron chi connectivity index (χ0n) is 24.1. The van der Waals surface area contributed by atoms with Gasteiger partial charge in [-0.15, -0.1) is 0 Å². The maximum atomic E-state index is 12.5. The number of carbonyl (C=O) groups is 1. The molecule has 2 aromatic carbocycles. The van der Waals surface area contributed by atoms with Crippen LogP contribution in [0.25, 0.3) is 0 Å². The molecule has 4 aliphatic rings. The van der Waals surface area contributed by atoms with Crippen LogP contribution in [0.2, 0.25) is 0 Å². The van der Waals surface area contributed by atoms with Crippen LogP contribution in [0.3, 0.4) is 0 Å². The summed E-state index contributed by atoms with van der Waals surface area (Å²) in [6, 6.07) is 18.9. The number of benzene rings is 2. The molecule has 1 unspecified atom stereocenters. The van der Waals surface area contributed by atoms with Gasteiger partial charge in [0.2, 0.25) is 5.91 Å². The molecule has 7 heteroatoms. The first kappa shape index (κ1) is 27.8. The summed E-state index contributed by atoms with van der Waals surface area (Å²) in [5.74, 6) is 1.83. The van der Waals surface area contributed by atoms with Gasteiger partial charge in [0.15, 0.2) is 9.84 Å². The summed E-state index contributed by atoms with van der Waals surface area (Å²) in [6.45, 7) is 9.62. The standard InChI is InChI=1S/C33H45N3O3S/c1-24(37)34-32-10-6-9-31(32)33(2,26-7-4-3-5-8-26)27-17-19-35(20-18-27)21-25-22-36(23-25)28-11-13-29(14-12-28)40(38,39)30-15-16-30/h3-5,7-8,11-14,25,27,30-32H,6,9-10,15-23H2,1-2H3,(H,34,37)/t31-,32-,33?/m1/s1. The van der Waals surface area contributed by atoms with Gasteiger partial charge in [0.05, 0.1) is 10.1 Å². The lowest BCUT2D eigenvalue weighted by Gasteiger charge is -2.50. The summed E-state index contributed by atoms with van der Waals surface area (Å²) in [5.41, 5.74) is 2.62. The summed E-state index contributed by atoms with van der Waals surface area (Å²) in [7, 11) is -3.12. The topological polar surface area (TPSA) is 69.7 Å². The highest BCUT2D eigenvalue weighted by atomic mass is 32.2. The third kappa shape index (κ3) is 5.44. The Bertz CT molecular complexity index is 1280. The van der Waals surface area contributed by atoms with Gasteiger partial charge in [0.1, 0.15) is 0 Å². The molecule has 6 nitrogen and oxygen atoms in total. The molecule has 2 heterocycles. The highest BCUT2D eigenvalue weighted by Gasteiger charge is 2.48. The summed E-state index contributed by atoms with van der Waals surface area (Å²) < 4.78 is 25.0. The molecule has 0 aromatic heterocycles. The lowest BCUT2D eigenvalue weighted by Crippen LogP contribution is -2.54. The second-order valence-electron chi connectivity index (χ2n) is 13.1. The molecular formula is C33H45N3O3S. The summed E-state index contributed by atoms with van der Waals surface area (Å²) in [6.07, 6.45) is 7.46. The molecule has 0 spiro atoms. The lowest BCUT2D eigenvalue weighted by atomic mass is 9.59. The van der Waals surface area contributed by atoms with Crippen LogP contribution in [0.5, 0.6) is 0 Å². The smallest absolute Gasteiger partial charge is 0.217 e. The molecule has 3 atom stereocenters. The molecular weight excluding hydrogens is 518 g/mol. The van der Waals surface area contributed by atoms with E-state index in [1.54, 1.807) is 19.1 Å². The molecule has 2 saturated carbocycles. The van der Waals surface area contributed by atoms with E-state index >= 15 is 0 Å². The number of rotatable bonds is 9. The van der Waals surface area contributed by atoms with Crippen LogP contribution in [0.15, 0.2) is 59.5 Å².